The number of hydrogen-bond donors (Lipinski definition) is 2. The first kappa shape index (κ1) is 19.3. The molecule has 2 rings (SSSR count). The molecule has 20 heavy (non-hydrogen) atoms. The zero-order valence-electron chi connectivity index (χ0n) is 12.5. The summed E-state index contributed by atoms with van der Waals surface area (Å²) in [6, 6.07) is 0.736. The van der Waals surface area contributed by atoms with Gasteiger partial charge in [-0.25, -0.2) is 0 Å². The van der Waals surface area contributed by atoms with Crippen LogP contribution in [0.5, 0.6) is 0 Å². The van der Waals surface area contributed by atoms with Gasteiger partial charge in [0.05, 0.1) is 0 Å². The van der Waals surface area contributed by atoms with Crippen molar-refractivity contribution in [1.82, 2.24) is 0 Å². The summed E-state index contributed by atoms with van der Waals surface area (Å²) in [6.45, 7) is 0. The quantitative estimate of drug-likeness (QED) is 0.725. The standard InChI is InChI=1S/C15H30N2.2ClH.Ti/c16-14(12-7-3-1-4-8-12)11-15(17)13-9-5-2-6-10-13;;;/h12-15H,1-11,16-17H2;2*1H;/q;;;+2/p-2. The Morgan fingerprint density at radius 3 is 1.35 bits per heavy atom. The van der Waals surface area contributed by atoms with Crippen LogP contribution in [0.2, 0.25) is 0 Å². The summed E-state index contributed by atoms with van der Waals surface area (Å²) in [7, 11) is 9.78. The molecule has 0 radical (unpaired) electrons. The number of halogens is 2. The van der Waals surface area contributed by atoms with Crippen LogP contribution in [-0.4, -0.2) is 12.1 Å². The van der Waals surface area contributed by atoms with Crippen molar-refractivity contribution in [3.63, 3.8) is 0 Å². The van der Waals surface area contributed by atoms with Gasteiger partial charge in [-0.2, -0.15) is 0 Å². The molecular weight excluding hydrogens is 327 g/mol. The number of nitrogens with two attached hydrogens (primary N) is 2. The van der Waals surface area contributed by atoms with Gasteiger partial charge in [-0.1, -0.05) is 38.5 Å². The second-order valence-corrected chi connectivity index (χ2v) is 9.01. The molecule has 0 heterocycles. The predicted molar refractivity (Wildman–Crippen MR) is 85.4 cm³/mol. The van der Waals surface area contributed by atoms with Crippen LogP contribution in [0, 0.1) is 11.8 Å². The zero-order valence-corrected chi connectivity index (χ0v) is 15.6. The first-order valence-electron chi connectivity index (χ1n) is 8.16. The molecule has 2 atom stereocenters. The molecule has 0 amide bonds. The van der Waals surface area contributed by atoms with Crippen molar-refractivity contribution in [3.05, 3.63) is 0 Å². The minimum atomic E-state index is -0.556. The van der Waals surface area contributed by atoms with Crippen molar-refractivity contribution in [2.75, 3.05) is 0 Å². The third-order valence-corrected chi connectivity index (χ3v) is 5.05. The monoisotopic (exact) mass is 356 g/mol. The van der Waals surface area contributed by atoms with Gasteiger partial charge in [-0.3, -0.25) is 0 Å². The third-order valence-electron chi connectivity index (χ3n) is 5.05. The average Bonchev–Trinajstić information content (AvgIpc) is 2.50. The van der Waals surface area contributed by atoms with Crippen LogP contribution in [0.15, 0.2) is 0 Å². The van der Waals surface area contributed by atoms with E-state index in [0.29, 0.717) is 12.1 Å². The van der Waals surface area contributed by atoms with Crippen LogP contribution in [0.25, 0.3) is 0 Å². The number of rotatable bonds is 4. The maximum atomic E-state index is 6.38. The van der Waals surface area contributed by atoms with Crippen molar-refractivity contribution >= 4 is 18.6 Å². The first-order chi connectivity index (χ1) is 9.69. The Morgan fingerprint density at radius 2 is 1.05 bits per heavy atom. The Morgan fingerprint density at radius 1 is 0.750 bits per heavy atom. The molecule has 0 saturated heterocycles. The molecule has 4 N–H and O–H groups in total. The van der Waals surface area contributed by atoms with Gasteiger partial charge in [-0.15, -0.1) is 0 Å². The summed E-state index contributed by atoms with van der Waals surface area (Å²) in [4.78, 5) is 0. The first-order valence-corrected chi connectivity index (χ1v) is 12.5. The van der Waals surface area contributed by atoms with Gasteiger partial charge in [0.15, 0.2) is 0 Å². The van der Waals surface area contributed by atoms with Gasteiger partial charge in [0.1, 0.15) is 0 Å². The van der Waals surface area contributed by atoms with E-state index in [2.05, 4.69) is 0 Å². The van der Waals surface area contributed by atoms with E-state index >= 15 is 0 Å². The Labute approximate surface area is 141 Å². The fourth-order valence-corrected chi connectivity index (χ4v) is 3.82. The molecule has 2 nitrogen and oxygen atoms in total. The fourth-order valence-electron chi connectivity index (χ4n) is 3.82. The molecule has 2 fully saturated rings. The molecule has 0 bridgehead atoms. The average molecular weight is 357 g/mol. The third kappa shape index (κ3) is 7.47. The summed E-state index contributed by atoms with van der Waals surface area (Å²) in [5.41, 5.74) is 12.8. The molecule has 2 saturated carbocycles. The molecule has 2 aliphatic rings. The van der Waals surface area contributed by atoms with E-state index in [0.717, 1.165) is 18.3 Å². The van der Waals surface area contributed by atoms with Gasteiger partial charge in [0.2, 0.25) is 0 Å². The van der Waals surface area contributed by atoms with Crippen LogP contribution in [0.1, 0.15) is 70.6 Å². The topological polar surface area (TPSA) is 52.0 Å². The summed E-state index contributed by atoms with van der Waals surface area (Å²) >= 11 is -0.556. The molecular formula is C15H30Cl2N2Ti. The van der Waals surface area contributed by atoms with Crippen LogP contribution in [0.4, 0.5) is 0 Å². The van der Waals surface area contributed by atoms with Gasteiger partial charge in [0, 0.05) is 12.1 Å². The predicted octanol–water partition coefficient (Wildman–Crippen LogP) is 4.57. The molecule has 2 unspecified atom stereocenters. The van der Waals surface area contributed by atoms with Crippen molar-refractivity contribution in [3.8, 4) is 0 Å². The Balaban J connectivity index is 0.000000612. The molecule has 0 aromatic carbocycles. The van der Waals surface area contributed by atoms with E-state index in [1.807, 2.05) is 0 Å². The molecule has 2 aliphatic carbocycles. The van der Waals surface area contributed by atoms with Gasteiger partial charge >= 0.3 is 35.6 Å². The van der Waals surface area contributed by atoms with Crippen LogP contribution >= 0.6 is 18.6 Å². The Bertz CT molecular complexity index is 210. The Hall–Kier alpha value is 1.21. The van der Waals surface area contributed by atoms with Crippen molar-refractivity contribution in [2.45, 2.75) is 82.7 Å². The van der Waals surface area contributed by atoms with Crippen molar-refractivity contribution in [2.24, 2.45) is 23.3 Å². The van der Waals surface area contributed by atoms with E-state index in [4.69, 9.17) is 30.1 Å². The maximum absolute atomic E-state index is 6.38. The summed E-state index contributed by atoms with van der Waals surface area (Å²) in [5.74, 6) is 1.52. The fraction of sp³-hybridized carbons (Fsp3) is 1.00. The van der Waals surface area contributed by atoms with E-state index in [1.54, 1.807) is 0 Å². The molecule has 118 valence electrons. The van der Waals surface area contributed by atoms with Crippen LogP contribution in [0.3, 0.4) is 0 Å². The van der Waals surface area contributed by atoms with Gasteiger partial charge in [-0.05, 0) is 43.9 Å². The van der Waals surface area contributed by atoms with Gasteiger partial charge in [0.25, 0.3) is 0 Å². The van der Waals surface area contributed by atoms with E-state index < -0.39 is 17.0 Å². The van der Waals surface area contributed by atoms with E-state index in [1.165, 1.54) is 64.2 Å². The SMILES string of the molecule is NC(CC(N)C1CCCCC1)C1CCCCC1.[Cl][Ti][Cl]. The van der Waals surface area contributed by atoms with Crippen LogP contribution < -0.4 is 11.5 Å². The van der Waals surface area contributed by atoms with E-state index in [-0.39, 0.29) is 0 Å². The zero-order chi connectivity index (χ0) is 14.8. The second-order valence-electron chi connectivity index (χ2n) is 6.43. The van der Waals surface area contributed by atoms with Crippen LogP contribution in [-0.2, 0) is 17.0 Å². The van der Waals surface area contributed by atoms with Crippen molar-refractivity contribution < 1.29 is 17.0 Å². The molecule has 0 spiro atoms. The molecule has 0 aliphatic heterocycles. The Kier molecular flexibility index (Phi) is 11.3. The molecule has 0 aromatic rings. The summed E-state index contributed by atoms with van der Waals surface area (Å²) in [5, 5.41) is 0. The number of hydrogen-bond acceptors (Lipinski definition) is 2. The summed E-state index contributed by atoms with van der Waals surface area (Å²) < 4.78 is 0. The molecule has 0 aromatic heterocycles. The normalized spacial score (nSPS) is 24.4. The molecule has 5 heteroatoms. The second kappa shape index (κ2) is 11.7. The van der Waals surface area contributed by atoms with Crippen molar-refractivity contribution in [1.29, 1.82) is 0 Å². The minimum absolute atomic E-state index is 0.368. The van der Waals surface area contributed by atoms with E-state index in [9.17, 15) is 0 Å². The van der Waals surface area contributed by atoms with Gasteiger partial charge < -0.3 is 11.5 Å². The summed E-state index contributed by atoms with van der Waals surface area (Å²) in [6.07, 6.45) is 14.8.